The van der Waals surface area contributed by atoms with Gasteiger partial charge < -0.3 is 5.11 Å². The number of hydrogen-bond donors (Lipinski definition) is 1. The summed E-state index contributed by atoms with van der Waals surface area (Å²) in [6.45, 7) is 2.84. The highest BCUT2D eigenvalue weighted by Gasteiger charge is 2.34. The third-order valence-corrected chi connectivity index (χ3v) is 4.60. The van der Waals surface area contributed by atoms with Gasteiger partial charge in [-0.15, -0.1) is 5.10 Å². The first-order chi connectivity index (χ1) is 11.7. The van der Waals surface area contributed by atoms with Crippen LogP contribution in [0, 0.1) is 0 Å². The van der Waals surface area contributed by atoms with Crippen molar-refractivity contribution in [2.75, 3.05) is 13.1 Å². The SMILES string of the molecule is OC1(Cn2ccnn2)CCCN(Cc2ccc3ccccc3n2)C1. The Morgan fingerprint density at radius 3 is 2.96 bits per heavy atom. The Balaban J connectivity index is 1.47. The molecule has 1 aliphatic rings. The zero-order valence-electron chi connectivity index (χ0n) is 13.5. The van der Waals surface area contributed by atoms with Gasteiger partial charge in [0.1, 0.15) is 0 Å². The van der Waals surface area contributed by atoms with E-state index in [1.165, 1.54) is 0 Å². The fourth-order valence-electron chi connectivity index (χ4n) is 3.51. The van der Waals surface area contributed by atoms with Crippen LogP contribution in [0.2, 0.25) is 0 Å². The molecule has 0 amide bonds. The van der Waals surface area contributed by atoms with Gasteiger partial charge in [0.05, 0.1) is 29.6 Å². The Kier molecular flexibility index (Phi) is 4.00. The van der Waals surface area contributed by atoms with Gasteiger partial charge >= 0.3 is 0 Å². The van der Waals surface area contributed by atoms with Crippen molar-refractivity contribution in [1.29, 1.82) is 0 Å². The highest BCUT2D eigenvalue weighted by molar-refractivity contribution is 5.78. The first-order valence-electron chi connectivity index (χ1n) is 8.34. The molecule has 1 fully saturated rings. The summed E-state index contributed by atoms with van der Waals surface area (Å²) in [5, 5.41) is 19.9. The van der Waals surface area contributed by atoms with Crippen molar-refractivity contribution in [3.8, 4) is 0 Å². The van der Waals surface area contributed by atoms with Gasteiger partial charge in [-0.05, 0) is 31.5 Å². The van der Waals surface area contributed by atoms with Crippen molar-refractivity contribution in [2.24, 2.45) is 0 Å². The molecule has 1 unspecified atom stereocenters. The van der Waals surface area contributed by atoms with Crippen molar-refractivity contribution in [3.63, 3.8) is 0 Å². The Hall–Kier alpha value is -2.31. The molecule has 1 saturated heterocycles. The quantitative estimate of drug-likeness (QED) is 0.794. The van der Waals surface area contributed by atoms with E-state index in [4.69, 9.17) is 4.98 Å². The van der Waals surface area contributed by atoms with Gasteiger partial charge in [-0.2, -0.15) is 0 Å². The van der Waals surface area contributed by atoms with Crippen molar-refractivity contribution in [2.45, 2.75) is 31.5 Å². The molecule has 3 heterocycles. The van der Waals surface area contributed by atoms with E-state index in [-0.39, 0.29) is 0 Å². The zero-order chi connectivity index (χ0) is 16.4. The fourth-order valence-corrected chi connectivity index (χ4v) is 3.51. The van der Waals surface area contributed by atoms with E-state index in [0.29, 0.717) is 13.1 Å². The molecule has 3 aromatic rings. The Morgan fingerprint density at radius 2 is 2.08 bits per heavy atom. The van der Waals surface area contributed by atoms with E-state index in [9.17, 15) is 5.11 Å². The molecule has 1 N–H and O–H groups in total. The molecule has 0 bridgehead atoms. The van der Waals surface area contributed by atoms with Gasteiger partial charge in [-0.25, -0.2) is 4.68 Å². The minimum Gasteiger partial charge on any atom is -0.387 e. The molecule has 1 aliphatic heterocycles. The standard InChI is InChI=1S/C18H21N5O/c24-18(14-23-11-9-19-21-23)8-3-10-22(13-18)12-16-7-6-15-4-1-2-5-17(15)20-16/h1-2,4-7,9,11,24H,3,8,10,12-14H2. The van der Waals surface area contributed by atoms with Crippen LogP contribution in [0.3, 0.4) is 0 Å². The molecule has 0 spiro atoms. The number of piperidine rings is 1. The molecule has 6 nitrogen and oxygen atoms in total. The molecule has 2 aromatic heterocycles. The third-order valence-electron chi connectivity index (χ3n) is 4.60. The number of aromatic nitrogens is 4. The molecule has 1 aromatic carbocycles. The number of nitrogens with zero attached hydrogens (tertiary/aromatic N) is 5. The first kappa shape index (κ1) is 15.2. The second-order valence-electron chi connectivity index (χ2n) is 6.63. The summed E-state index contributed by atoms with van der Waals surface area (Å²) in [6, 6.07) is 12.3. The maximum atomic E-state index is 10.9. The molecular formula is C18H21N5O. The number of benzene rings is 1. The number of β-amino-alcohol motifs (C(OH)–C–C–N with tert-alkyl or cyclic N) is 1. The van der Waals surface area contributed by atoms with Crippen LogP contribution in [0.4, 0.5) is 0 Å². The summed E-state index contributed by atoms with van der Waals surface area (Å²) in [7, 11) is 0. The minimum absolute atomic E-state index is 0.481. The Labute approximate surface area is 140 Å². The van der Waals surface area contributed by atoms with Crippen LogP contribution in [-0.2, 0) is 13.1 Å². The number of para-hydroxylation sites is 1. The number of hydrogen-bond acceptors (Lipinski definition) is 5. The van der Waals surface area contributed by atoms with Gasteiger partial charge in [0.15, 0.2) is 0 Å². The third kappa shape index (κ3) is 3.29. The van der Waals surface area contributed by atoms with Crippen LogP contribution in [0.15, 0.2) is 48.8 Å². The van der Waals surface area contributed by atoms with Gasteiger partial charge in [0.2, 0.25) is 0 Å². The minimum atomic E-state index is -0.761. The van der Waals surface area contributed by atoms with E-state index in [0.717, 1.165) is 42.5 Å². The number of likely N-dealkylation sites (tertiary alicyclic amines) is 1. The van der Waals surface area contributed by atoms with Crippen LogP contribution >= 0.6 is 0 Å². The molecule has 0 aliphatic carbocycles. The lowest BCUT2D eigenvalue weighted by molar-refractivity contribution is -0.0481. The van der Waals surface area contributed by atoms with E-state index < -0.39 is 5.60 Å². The van der Waals surface area contributed by atoms with Crippen LogP contribution in [-0.4, -0.2) is 48.7 Å². The number of rotatable bonds is 4. The number of fused-ring (bicyclic) bond motifs is 1. The van der Waals surface area contributed by atoms with E-state index in [2.05, 4.69) is 33.4 Å². The lowest BCUT2D eigenvalue weighted by atomic mass is 9.92. The first-order valence-corrected chi connectivity index (χ1v) is 8.34. The van der Waals surface area contributed by atoms with Gasteiger partial charge in [-0.3, -0.25) is 9.88 Å². The molecule has 24 heavy (non-hydrogen) atoms. The van der Waals surface area contributed by atoms with E-state index in [1.807, 2.05) is 18.2 Å². The average molecular weight is 323 g/mol. The molecular weight excluding hydrogens is 302 g/mol. The predicted octanol–water partition coefficient (Wildman–Crippen LogP) is 1.85. The number of pyridine rings is 1. The molecule has 6 heteroatoms. The summed E-state index contributed by atoms with van der Waals surface area (Å²) >= 11 is 0. The van der Waals surface area contributed by atoms with Crippen LogP contribution in [0.1, 0.15) is 18.5 Å². The predicted molar refractivity (Wildman–Crippen MR) is 91.2 cm³/mol. The summed E-state index contributed by atoms with van der Waals surface area (Å²) in [5.41, 5.74) is 1.30. The Morgan fingerprint density at radius 1 is 1.17 bits per heavy atom. The van der Waals surface area contributed by atoms with Crippen LogP contribution < -0.4 is 0 Å². The lowest BCUT2D eigenvalue weighted by Crippen LogP contribution is -2.50. The van der Waals surface area contributed by atoms with Gasteiger partial charge in [0.25, 0.3) is 0 Å². The zero-order valence-corrected chi connectivity index (χ0v) is 13.5. The van der Waals surface area contributed by atoms with Gasteiger partial charge in [0, 0.05) is 24.7 Å². The number of aliphatic hydroxyl groups is 1. The highest BCUT2D eigenvalue weighted by Crippen LogP contribution is 2.24. The molecule has 124 valence electrons. The van der Waals surface area contributed by atoms with Crippen LogP contribution in [0.5, 0.6) is 0 Å². The molecule has 1 atom stereocenters. The summed E-state index contributed by atoms with van der Waals surface area (Å²) in [5.74, 6) is 0. The van der Waals surface area contributed by atoms with Crippen molar-refractivity contribution in [3.05, 3.63) is 54.5 Å². The largest absolute Gasteiger partial charge is 0.387 e. The maximum absolute atomic E-state index is 10.9. The van der Waals surface area contributed by atoms with Crippen molar-refractivity contribution >= 4 is 10.9 Å². The van der Waals surface area contributed by atoms with Gasteiger partial charge in [-0.1, -0.05) is 29.5 Å². The van der Waals surface area contributed by atoms with E-state index in [1.54, 1.807) is 17.1 Å². The van der Waals surface area contributed by atoms with Crippen molar-refractivity contribution < 1.29 is 5.11 Å². The van der Waals surface area contributed by atoms with Crippen molar-refractivity contribution in [1.82, 2.24) is 24.9 Å². The molecule has 4 rings (SSSR count). The summed E-state index contributed by atoms with van der Waals surface area (Å²) in [4.78, 5) is 7.02. The normalized spacial score (nSPS) is 22.0. The summed E-state index contributed by atoms with van der Waals surface area (Å²) in [6.07, 6.45) is 5.19. The molecule has 0 saturated carbocycles. The van der Waals surface area contributed by atoms with Crippen LogP contribution in [0.25, 0.3) is 10.9 Å². The second-order valence-corrected chi connectivity index (χ2v) is 6.63. The monoisotopic (exact) mass is 323 g/mol. The molecule has 0 radical (unpaired) electrons. The maximum Gasteiger partial charge on any atom is 0.0970 e. The highest BCUT2D eigenvalue weighted by atomic mass is 16.3. The topological polar surface area (TPSA) is 67.1 Å². The fraction of sp³-hybridized carbons (Fsp3) is 0.389. The van der Waals surface area contributed by atoms with E-state index >= 15 is 0 Å². The second kappa shape index (κ2) is 6.30. The average Bonchev–Trinajstić information content (AvgIpc) is 3.07. The Bertz CT molecular complexity index is 819. The lowest BCUT2D eigenvalue weighted by Gasteiger charge is -2.38. The smallest absolute Gasteiger partial charge is 0.0970 e. The summed E-state index contributed by atoms with van der Waals surface area (Å²) < 4.78 is 1.71.